The molecule has 0 aliphatic carbocycles. The van der Waals surface area contributed by atoms with E-state index < -0.39 is 20.8 Å². The lowest BCUT2D eigenvalue weighted by molar-refractivity contribution is 0.352. The number of nitrogens with one attached hydrogen (secondary N) is 1. The van der Waals surface area contributed by atoms with Crippen LogP contribution in [-0.2, 0) is 20.8 Å². The molecule has 26 heavy (non-hydrogen) atoms. The fourth-order valence-corrected chi connectivity index (χ4v) is 5.12. The Morgan fingerprint density at radius 3 is 2.50 bits per heavy atom. The number of halogens is 1. The van der Waals surface area contributed by atoms with E-state index in [9.17, 15) is 17.0 Å². The standard InChI is InChI=1S/C16H19FN4O3S2/c1-26(23,24)21-8-6-14(7-9-21)25(22)15-10-18-11-19-16(15)20-13-4-2-12(17)3-5-13/h2-5,10-11,14H,6-9H2,1H3,(H,18,19,20). The molecule has 140 valence electrons. The maximum absolute atomic E-state index is 13.0. The molecule has 2 heterocycles. The molecular weight excluding hydrogens is 379 g/mol. The second-order valence-corrected chi connectivity index (χ2v) is 9.71. The van der Waals surface area contributed by atoms with Crippen LogP contribution in [0.3, 0.4) is 0 Å². The van der Waals surface area contributed by atoms with Crippen molar-refractivity contribution >= 4 is 32.3 Å². The Kier molecular flexibility index (Phi) is 5.64. The third-order valence-corrected chi connectivity index (χ3v) is 7.29. The Bertz CT molecular complexity index is 898. The second kappa shape index (κ2) is 7.77. The SMILES string of the molecule is CS(=O)(=O)N1CCC(S(=O)c2cncnc2Nc2ccc(F)cc2)CC1. The van der Waals surface area contributed by atoms with Gasteiger partial charge in [0.1, 0.15) is 22.9 Å². The molecule has 1 N–H and O–H groups in total. The van der Waals surface area contributed by atoms with Crippen LogP contribution in [0.2, 0.25) is 0 Å². The van der Waals surface area contributed by atoms with Gasteiger partial charge in [-0.2, -0.15) is 0 Å². The van der Waals surface area contributed by atoms with Crippen LogP contribution in [0, 0.1) is 5.82 Å². The first kappa shape index (κ1) is 18.9. The summed E-state index contributed by atoms with van der Waals surface area (Å²) >= 11 is 0. The Labute approximate surface area is 154 Å². The summed E-state index contributed by atoms with van der Waals surface area (Å²) < 4.78 is 50.6. The van der Waals surface area contributed by atoms with Gasteiger partial charge in [-0.15, -0.1) is 0 Å². The second-order valence-electron chi connectivity index (χ2n) is 6.03. The molecule has 1 aromatic carbocycles. The van der Waals surface area contributed by atoms with Gasteiger partial charge in [-0.3, -0.25) is 4.21 Å². The van der Waals surface area contributed by atoms with E-state index in [1.807, 2.05) is 0 Å². The minimum absolute atomic E-state index is 0.173. The summed E-state index contributed by atoms with van der Waals surface area (Å²) in [5, 5.41) is 2.86. The minimum Gasteiger partial charge on any atom is -0.339 e. The Balaban J connectivity index is 1.75. The summed E-state index contributed by atoms with van der Waals surface area (Å²) in [6.45, 7) is 0.702. The van der Waals surface area contributed by atoms with Crippen molar-refractivity contribution < 1.29 is 17.0 Å². The Morgan fingerprint density at radius 1 is 1.23 bits per heavy atom. The highest BCUT2D eigenvalue weighted by Gasteiger charge is 2.30. The van der Waals surface area contributed by atoms with Crippen molar-refractivity contribution in [1.29, 1.82) is 0 Å². The average molecular weight is 398 g/mol. The smallest absolute Gasteiger partial charge is 0.211 e. The van der Waals surface area contributed by atoms with Gasteiger partial charge >= 0.3 is 0 Å². The summed E-state index contributed by atoms with van der Waals surface area (Å²) in [5.74, 6) is 0.0511. The van der Waals surface area contributed by atoms with Crippen LogP contribution in [0.4, 0.5) is 15.9 Å². The summed E-state index contributed by atoms with van der Waals surface area (Å²) in [6.07, 6.45) is 5.03. The van der Waals surface area contributed by atoms with Crippen molar-refractivity contribution in [3.63, 3.8) is 0 Å². The van der Waals surface area contributed by atoms with Crippen LogP contribution >= 0.6 is 0 Å². The van der Waals surface area contributed by atoms with Crippen molar-refractivity contribution in [1.82, 2.24) is 14.3 Å². The highest BCUT2D eigenvalue weighted by molar-refractivity contribution is 7.88. The van der Waals surface area contributed by atoms with E-state index in [2.05, 4.69) is 15.3 Å². The molecule has 0 spiro atoms. The van der Waals surface area contributed by atoms with Crippen LogP contribution in [-0.4, -0.2) is 51.5 Å². The predicted octanol–water partition coefficient (Wildman–Crippen LogP) is 1.89. The van der Waals surface area contributed by atoms with Crippen molar-refractivity contribution in [2.24, 2.45) is 0 Å². The molecule has 1 aromatic heterocycles. The molecular formula is C16H19FN4O3S2. The molecule has 0 radical (unpaired) electrons. The molecule has 1 fully saturated rings. The maximum Gasteiger partial charge on any atom is 0.211 e. The molecule has 1 saturated heterocycles. The summed E-state index contributed by atoms with van der Waals surface area (Å²) in [7, 11) is -4.61. The zero-order chi connectivity index (χ0) is 18.7. The van der Waals surface area contributed by atoms with Gasteiger partial charge in [-0.05, 0) is 37.1 Å². The van der Waals surface area contributed by atoms with Gasteiger partial charge in [0.2, 0.25) is 10.0 Å². The lowest BCUT2D eigenvalue weighted by Crippen LogP contribution is -2.40. The number of rotatable bonds is 5. The number of benzene rings is 1. The highest BCUT2D eigenvalue weighted by atomic mass is 32.2. The molecule has 1 aliphatic heterocycles. The molecule has 2 aromatic rings. The molecule has 1 aliphatic rings. The quantitative estimate of drug-likeness (QED) is 0.827. The van der Waals surface area contributed by atoms with Gasteiger partial charge in [0.05, 0.1) is 17.1 Å². The van der Waals surface area contributed by atoms with Crippen molar-refractivity contribution in [2.75, 3.05) is 24.7 Å². The summed E-state index contributed by atoms with van der Waals surface area (Å²) in [4.78, 5) is 8.57. The van der Waals surface area contributed by atoms with Crippen LogP contribution < -0.4 is 5.32 Å². The molecule has 1 unspecified atom stereocenters. The van der Waals surface area contributed by atoms with E-state index in [0.717, 1.165) is 0 Å². The van der Waals surface area contributed by atoms with E-state index in [4.69, 9.17) is 0 Å². The van der Waals surface area contributed by atoms with Gasteiger partial charge in [-0.1, -0.05) is 0 Å². The van der Waals surface area contributed by atoms with Crippen LogP contribution in [0.1, 0.15) is 12.8 Å². The number of anilines is 2. The van der Waals surface area contributed by atoms with Crippen LogP contribution in [0.5, 0.6) is 0 Å². The zero-order valence-corrected chi connectivity index (χ0v) is 15.8. The first-order chi connectivity index (χ1) is 12.3. The number of hydrogen-bond acceptors (Lipinski definition) is 6. The highest BCUT2D eigenvalue weighted by Crippen LogP contribution is 2.27. The van der Waals surface area contributed by atoms with E-state index in [1.165, 1.54) is 35.2 Å². The first-order valence-electron chi connectivity index (χ1n) is 8.03. The summed E-state index contributed by atoms with van der Waals surface area (Å²) in [5.41, 5.74) is 0.621. The van der Waals surface area contributed by atoms with E-state index in [-0.39, 0.29) is 11.1 Å². The molecule has 10 heteroatoms. The third kappa shape index (κ3) is 4.43. The van der Waals surface area contributed by atoms with Crippen molar-refractivity contribution in [3.05, 3.63) is 42.6 Å². The molecule has 7 nitrogen and oxygen atoms in total. The van der Waals surface area contributed by atoms with Gasteiger partial charge in [0.15, 0.2) is 0 Å². The van der Waals surface area contributed by atoms with Gasteiger partial charge in [0, 0.05) is 30.2 Å². The zero-order valence-electron chi connectivity index (χ0n) is 14.1. The Hall–Kier alpha value is -1.91. The Morgan fingerprint density at radius 2 is 1.88 bits per heavy atom. The molecule has 0 saturated carbocycles. The largest absolute Gasteiger partial charge is 0.339 e. The topological polar surface area (TPSA) is 92.3 Å². The number of aromatic nitrogens is 2. The van der Waals surface area contributed by atoms with E-state index in [1.54, 1.807) is 12.1 Å². The van der Waals surface area contributed by atoms with E-state index in [0.29, 0.717) is 42.3 Å². The third-order valence-electron chi connectivity index (χ3n) is 4.18. The number of nitrogens with zero attached hydrogens (tertiary/aromatic N) is 3. The molecule has 0 amide bonds. The lowest BCUT2D eigenvalue weighted by Gasteiger charge is -2.29. The summed E-state index contributed by atoms with van der Waals surface area (Å²) in [6, 6.07) is 5.77. The fraction of sp³-hybridized carbons (Fsp3) is 0.375. The molecule has 1 atom stereocenters. The molecule has 0 bridgehead atoms. The van der Waals surface area contributed by atoms with E-state index >= 15 is 0 Å². The number of sulfonamides is 1. The average Bonchev–Trinajstić information content (AvgIpc) is 2.63. The van der Waals surface area contributed by atoms with Gasteiger partial charge in [-0.25, -0.2) is 27.1 Å². The monoisotopic (exact) mass is 398 g/mol. The maximum atomic E-state index is 13.0. The fourth-order valence-electron chi connectivity index (χ4n) is 2.79. The lowest BCUT2D eigenvalue weighted by atomic mass is 10.2. The van der Waals surface area contributed by atoms with Crippen LogP contribution in [0.15, 0.2) is 41.7 Å². The molecule has 3 rings (SSSR count). The minimum atomic E-state index is -3.23. The number of hydrogen-bond donors (Lipinski definition) is 1. The predicted molar refractivity (Wildman–Crippen MR) is 97.6 cm³/mol. The normalized spacial score (nSPS) is 17.8. The van der Waals surface area contributed by atoms with Crippen molar-refractivity contribution in [3.8, 4) is 0 Å². The first-order valence-corrected chi connectivity index (χ1v) is 11.1. The van der Waals surface area contributed by atoms with Crippen molar-refractivity contribution in [2.45, 2.75) is 23.0 Å². The number of piperidine rings is 1. The van der Waals surface area contributed by atoms with Gasteiger partial charge in [0.25, 0.3) is 0 Å². The van der Waals surface area contributed by atoms with Crippen LogP contribution in [0.25, 0.3) is 0 Å². The van der Waals surface area contributed by atoms with Gasteiger partial charge < -0.3 is 5.32 Å².